The molecule has 116 valence electrons. The maximum absolute atomic E-state index is 11.5. The molecule has 1 fully saturated rings. The number of hydrogen-bond donors (Lipinski definition) is 2. The highest BCUT2D eigenvalue weighted by Crippen LogP contribution is 2.01. The lowest BCUT2D eigenvalue weighted by molar-refractivity contribution is 0.0147. The van der Waals surface area contributed by atoms with Gasteiger partial charge in [-0.2, -0.15) is 0 Å². The first-order valence-electron chi connectivity index (χ1n) is 7.17. The fraction of sp³-hybridized carbons (Fsp3) is 0.533. The summed E-state index contributed by atoms with van der Waals surface area (Å²) in [6.07, 6.45) is -1.12. The van der Waals surface area contributed by atoms with Gasteiger partial charge < -0.3 is 19.9 Å². The molecule has 1 aromatic carbocycles. The molecule has 0 spiro atoms. The molecule has 2 rings (SSSR count). The Morgan fingerprint density at radius 1 is 1.33 bits per heavy atom. The van der Waals surface area contributed by atoms with E-state index < -0.39 is 12.2 Å². The average Bonchev–Trinajstić information content (AvgIpc) is 2.53. The number of nitrogens with one attached hydrogen (secondary N) is 1. The number of alkyl carbamates (subject to hydrolysis) is 1. The van der Waals surface area contributed by atoms with Gasteiger partial charge in [0.15, 0.2) is 0 Å². The highest BCUT2D eigenvalue weighted by Gasteiger charge is 2.15. The van der Waals surface area contributed by atoms with E-state index in [4.69, 9.17) is 9.47 Å². The van der Waals surface area contributed by atoms with Crippen molar-refractivity contribution in [3.63, 3.8) is 0 Å². The molecule has 1 aromatic rings. The predicted octanol–water partition coefficient (Wildman–Crippen LogP) is 0.606. The normalized spacial score (nSPS) is 17.2. The number of carbonyl (C=O) groups excluding carboxylic acids is 1. The first-order chi connectivity index (χ1) is 10.2. The van der Waals surface area contributed by atoms with E-state index in [1.165, 1.54) is 0 Å². The van der Waals surface area contributed by atoms with Crippen LogP contribution in [0.3, 0.4) is 0 Å². The van der Waals surface area contributed by atoms with Gasteiger partial charge in [-0.1, -0.05) is 30.3 Å². The Kier molecular flexibility index (Phi) is 6.46. The van der Waals surface area contributed by atoms with Crippen LogP contribution in [0.25, 0.3) is 0 Å². The Balaban J connectivity index is 1.59. The number of amides is 1. The Labute approximate surface area is 124 Å². The van der Waals surface area contributed by atoms with Gasteiger partial charge in [-0.15, -0.1) is 0 Å². The SMILES string of the molecule is O=C(NCC(O)CN1CCOCC1)OCc1ccccc1. The summed E-state index contributed by atoms with van der Waals surface area (Å²) >= 11 is 0. The molecule has 1 unspecified atom stereocenters. The quantitative estimate of drug-likeness (QED) is 0.804. The van der Waals surface area contributed by atoms with Crippen molar-refractivity contribution in [2.75, 3.05) is 39.4 Å². The van der Waals surface area contributed by atoms with Crippen LogP contribution in [0.2, 0.25) is 0 Å². The molecule has 1 aliphatic heterocycles. The molecular weight excluding hydrogens is 272 g/mol. The molecular formula is C15H22N2O4. The van der Waals surface area contributed by atoms with E-state index in [0.29, 0.717) is 19.8 Å². The first kappa shape index (κ1) is 15.8. The van der Waals surface area contributed by atoms with Crippen LogP contribution in [-0.4, -0.2) is 61.6 Å². The third-order valence-corrected chi connectivity index (χ3v) is 3.27. The largest absolute Gasteiger partial charge is 0.445 e. The summed E-state index contributed by atoms with van der Waals surface area (Å²) in [4.78, 5) is 13.7. The van der Waals surface area contributed by atoms with Crippen molar-refractivity contribution in [1.82, 2.24) is 10.2 Å². The highest BCUT2D eigenvalue weighted by atomic mass is 16.5. The number of morpholine rings is 1. The first-order valence-corrected chi connectivity index (χ1v) is 7.17. The Bertz CT molecular complexity index is 421. The summed E-state index contributed by atoms with van der Waals surface area (Å²) in [5.74, 6) is 0. The molecule has 1 aliphatic rings. The summed E-state index contributed by atoms with van der Waals surface area (Å²) < 4.78 is 10.3. The van der Waals surface area contributed by atoms with E-state index in [1.807, 2.05) is 30.3 Å². The number of β-amino-alcohol motifs (C(OH)–C–C–N with tert-alkyl or cyclic N) is 1. The molecule has 2 N–H and O–H groups in total. The minimum absolute atomic E-state index is 0.185. The number of hydrogen-bond acceptors (Lipinski definition) is 5. The number of aliphatic hydroxyl groups is 1. The molecule has 0 aliphatic carbocycles. The standard InChI is InChI=1S/C15H22N2O4/c18-14(11-17-6-8-20-9-7-17)10-16-15(19)21-12-13-4-2-1-3-5-13/h1-5,14,18H,6-12H2,(H,16,19). The Hall–Kier alpha value is -1.63. The number of nitrogens with zero attached hydrogens (tertiary/aromatic N) is 1. The number of benzene rings is 1. The molecule has 0 aromatic heterocycles. The minimum Gasteiger partial charge on any atom is -0.445 e. The molecule has 0 bridgehead atoms. The number of carbonyl (C=O) groups is 1. The van der Waals surface area contributed by atoms with Gasteiger partial charge >= 0.3 is 6.09 Å². The molecule has 1 saturated heterocycles. The summed E-state index contributed by atoms with van der Waals surface area (Å²) in [6.45, 7) is 3.96. The second-order valence-electron chi connectivity index (χ2n) is 5.01. The minimum atomic E-state index is -0.604. The van der Waals surface area contributed by atoms with Crippen molar-refractivity contribution in [3.8, 4) is 0 Å². The van der Waals surface area contributed by atoms with Crippen LogP contribution in [-0.2, 0) is 16.1 Å². The lowest BCUT2D eigenvalue weighted by Crippen LogP contribution is -2.44. The van der Waals surface area contributed by atoms with Crippen molar-refractivity contribution < 1.29 is 19.4 Å². The molecule has 21 heavy (non-hydrogen) atoms. The lowest BCUT2D eigenvalue weighted by atomic mass is 10.2. The molecule has 0 radical (unpaired) electrons. The number of aliphatic hydroxyl groups excluding tert-OH is 1. The van der Waals surface area contributed by atoms with Gasteiger partial charge in [0.05, 0.1) is 19.3 Å². The van der Waals surface area contributed by atoms with E-state index in [2.05, 4.69) is 10.2 Å². The molecule has 1 heterocycles. The van der Waals surface area contributed by atoms with Crippen molar-refractivity contribution in [2.24, 2.45) is 0 Å². The number of rotatable bonds is 6. The monoisotopic (exact) mass is 294 g/mol. The van der Waals surface area contributed by atoms with Crippen molar-refractivity contribution >= 4 is 6.09 Å². The third-order valence-electron chi connectivity index (χ3n) is 3.27. The van der Waals surface area contributed by atoms with Crippen LogP contribution < -0.4 is 5.32 Å². The molecule has 1 atom stereocenters. The second kappa shape index (κ2) is 8.61. The van der Waals surface area contributed by atoms with Crippen molar-refractivity contribution in [3.05, 3.63) is 35.9 Å². The highest BCUT2D eigenvalue weighted by molar-refractivity contribution is 5.67. The van der Waals surface area contributed by atoms with Gasteiger partial charge in [0.25, 0.3) is 0 Å². The summed E-state index contributed by atoms with van der Waals surface area (Å²) in [5.41, 5.74) is 0.932. The Morgan fingerprint density at radius 3 is 2.76 bits per heavy atom. The number of ether oxygens (including phenoxy) is 2. The fourth-order valence-electron chi connectivity index (χ4n) is 2.12. The van der Waals surface area contributed by atoms with Gasteiger partial charge in [0, 0.05) is 26.2 Å². The predicted molar refractivity (Wildman–Crippen MR) is 77.9 cm³/mol. The summed E-state index contributed by atoms with van der Waals surface area (Å²) in [6, 6.07) is 9.47. The Morgan fingerprint density at radius 2 is 2.05 bits per heavy atom. The maximum Gasteiger partial charge on any atom is 0.407 e. The van der Waals surface area contributed by atoms with Crippen LogP contribution in [0.15, 0.2) is 30.3 Å². The summed E-state index contributed by atoms with van der Waals surface area (Å²) in [5, 5.41) is 12.5. The summed E-state index contributed by atoms with van der Waals surface area (Å²) in [7, 11) is 0. The van der Waals surface area contributed by atoms with Gasteiger partial charge in [0.2, 0.25) is 0 Å². The fourth-order valence-corrected chi connectivity index (χ4v) is 2.12. The van der Waals surface area contributed by atoms with Crippen LogP contribution in [0.4, 0.5) is 4.79 Å². The van der Waals surface area contributed by atoms with Gasteiger partial charge in [-0.3, -0.25) is 4.90 Å². The van der Waals surface area contributed by atoms with Crippen molar-refractivity contribution in [2.45, 2.75) is 12.7 Å². The smallest absolute Gasteiger partial charge is 0.407 e. The van der Waals surface area contributed by atoms with Crippen LogP contribution in [0, 0.1) is 0 Å². The van der Waals surface area contributed by atoms with Crippen molar-refractivity contribution in [1.29, 1.82) is 0 Å². The molecule has 6 nitrogen and oxygen atoms in total. The zero-order valence-electron chi connectivity index (χ0n) is 12.0. The topological polar surface area (TPSA) is 71.0 Å². The maximum atomic E-state index is 11.5. The molecule has 6 heteroatoms. The van der Waals surface area contributed by atoms with E-state index in [1.54, 1.807) is 0 Å². The zero-order chi connectivity index (χ0) is 14.9. The van der Waals surface area contributed by atoms with Gasteiger partial charge in [-0.05, 0) is 5.56 Å². The average molecular weight is 294 g/mol. The van der Waals surface area contributed by atoms with E-state index in [9.17, 15) is 9.90 Å². The van der Waals surface area contributed by atoms with E-state index in [-0.39, 0.29) is 13.2 Å². The molecule has 0 saturated carbocycles. The zero-order valence-corrected chi connectivity index (χ0v) is 12.0. The second-order valence-corrected chi connectivity index (χ2v) is 5.01. The van der Waals surface area contributed by atoms with E-state index in [0.717, 1.165) is 18.7 Å². The van der Waals surface area contributed by atoms with Gasteiger partial charge in [0.1, 0.15) is 6.61 Å². The van der Waals surface area contributed by atoms with E-state index >= 15 is 0 Å². The third kappa shape index (κ3) is 6.12. The van der Waals surface area contributed by atoms with Crippen LogP contribution in [0.5, 0.6) is 0 Å². The van der Waals surface area contributed by atoms with Crippen LogP contribution >= 0.6 is 0 Å². The lowest BCUT2D eigenvalue weighted by Gasteiger charge is -2.28. The molecule has 1 amide bonds. The van der Waals surface area contributed by atoms with Gasteiger partial charge in [-0.25, -0.2) is 4.79 Å². The van der Waals surface area contributed by atoms with Crippen LogP contribution in [0.1, 0.15) is 5.56 Å².